The summed E-state index contributed by atoms with van der Waals surface area (Å²) in [6, 6.07) is 9.29. The Balaban J connectivity index is 1.89. The molecule has 1 saturated heterocycles. The normalized spacial score (nSPS) is 19.8. The summed E-state index contributed by atoms with van der Waals surface area (Å²) in [5.74, 6) is 0.0936. The van der Waals surface area contributed by atoms with Crippen LogP contribution in [0.5, 0.6) is 0 Å². The zero-order valence-corrected chi connectivity index (χ0v) is 7.27. The number of carbonyl (C=O) groups excluding carboxylic acids is 1. The number of Topliss-reactive ketones (excluding diaryl/α,β-unsaturated/α-hetero) is 1. The maximum Gasteiger partial charge on any atom is 0.166 e. The van der Waals surface area contributed by atoms with Crippen LogP contribution in [0.4, 0.5) is 0 Å². The van der Waals surface area contributed by atoms with Gasteiger partial charge in [0.25, 0.3) is 0 Å². The summed E-state index contributed by atoms with van der Waals surface area (Å²) in [5, 5.41) is 0. The first kappa shape index (κ1) is 8.45. The van der Waals surface area contributed by atoms with Crippen LogP contribution in [0, 0.1) is 6.42 Å². The SMILES string of the molecule is O=C([CH]CC1CO1)c1ccccc1. The molecular formula is C11H11O2. The number of rotatable bonds is 4. The second-order valence-electron chi connectivity index (χ2n) is 3.13. The number of benzene rings is 1. The molecule has 1 aromatic carbocycles. The molecule has 0 bridgehead atoms. The van der Waals surface area contributed by atoms with Gasteiger partial charge in [-0.05, 0) is 6.42 Å². The van der Waals surface area contributed by atoms with Crippen molar-refractivity contribution in [2.45, 2.75) is 12.5 Å². The fourth-order valence-electron chi connectivity index (χ4n) is 1.16. The number of ketones is 1. The predicted molar refractivity (Wildman–Crippen MR) is 49.4 cm³/mol. The molecule has 2 heteroatoms. The Bertz CT molecular complexity index is 288. The van der Waals surface area contributed by atoms with Gasteiger partial charge in [-0.1, -0.05) is 30.3 Å². The Morgan fingerprint density at radius 1 is 1.46 bits per heavy atom. The van der Waals surface area contributed by atoms with Crippen molar-refractivity contribution in [1.29, 1.82) is 0 Å². The number of ether oxygens (including phenoxy) is 1. The van der Waals surface area contributed by atoms with E-state index in [9.17, 15) is 4.79 Å². The zero-order valence-electron chi connectivity index (χ0n) is 7.27. The van der Waals surface area contributed by atoms with E-state index in [0.717, 1.165) is 18.6 Å². The van der Waals surface area contributed by atoms with E-state index in [-0.39, 0.29) is 5.78 Å². The molecule has 1 atom stereocenters. The number of epoxide rings is 1. The lowest BCUT2D eigenvalue weighted by molar-refractivity contribution is 0.102. The van der Waals surface area contributed by atoms with Crippen LogP contribution < -0.4 is 0 Å². The number of carbonyl (C=O) groups is 1. The second-order valence-corrected chi connectivity index (χ2v) is 3.13. The van der Waals surface area contributed by atoms with E-state index in [1.807, 2.05) is 30.3 Å². The topological polar surface area (TPSA) is 29.6 Å². The molecule has 0 spiro atoms. The summed E-state index contributed by atoms with van der Waals surface area (Å²) in [6.45, 7) is 0.804. The summed E-state index contributed by atoms with van der Waals surface area (Å²) in [6.07, 6.45) is 2.74. The fourth-order valence-corrected chi connectivity index (χ4v) is 1.16. The van der Waals surface area contributed by atoms with Gasteiger partial charge in [-0.15, -0.1) is 0 Å². The van der Waals surface area contributed by atoms with Crippen LogP contribution in [0.2, 0.25) is 0 Å². The van der Waals surface area contributed by atoms with Crippen LogP contribution in [-0.2, 0) is 4.74 Å². The van der Waals surface area contributed by atoms with Crippen LogP contribution >= 0.6 is 0 Å². The van der Waals surface area contributed by atoms with Gasteiger partial charge in [0.15, 0.2) is 5.78 Å². The molecule has 67 valence electrons. The van der Waals surface area contributed by atoms with E-state index in [1.165, 1.54) is 0 Å². The van der Waals surface area contributed by atoms with Gasteiger partial charge in [0, 0.05) is 12.0 Å². The summed E-state index contributed by atoms with van der Waals surface area (Å²) in [5.41, 5.74) is 0.753. The standard InChI is InChI=1S/C11H11O2/c12-11(7-6-10-8-13-10)9-4-2-1-3-5-9/h1-5,7,10H,6,8H2. The van der Waals surface area contributed by atoms with Crippen molar-refractivity contribution < 1.29 is 9.53 Å². The summed E-state index contributed by atoms with van der Waals surface area (Å²) in [7, 11) is 0. The zero-order chi connectivity index (χ0) is 9.10. The highest BCUT2D eigenvalue weighted by Crippen LogP contribution is 2.16. The fraction of sp³-hybridized carbons (Fsp3) is 0.273. The van der Waals surface area contributed by atoms with Gasteiger partial charge in [-0.25, -0.2) is 0 Å². The lowest BCUT2D eigenvalue weighted by Crippen LogP contribution is -2.01. The molecular weight excluding hydrogens is 164 g/mol. The van der Waals surface area contributed by atoms with Gasteiger partial charge < -0.3 is 4.74 Å². The van der Waals surface area contributed by atoms with Crippen LogP contribution in [0.3, 0.4) is 0 Å². The van der Waals surface area contributed by atoms with Crippen molar-refractivity contribution in [3.63, 3.8) is 0 Å². The molecule has 1 fully saturated rings. The van der Waals surface area contributed by atoms with Gasteiger partial charge >= 0.3 is 0 Å². The first-order chi connectivity index (χ1) is 6.36. The van der Waals surface area contributed by atoms with Crippen molar-refractivity contribution in [2.24, 2.45) is 0 Å². The van der Waals surface area contributed by atoms with Crippen molar-refractivity contribution in [2.75, 3.05) is 6.61 Å². The Hall–Kier alpha value is -1.15. The Morgan fingerprint density at radius 3 is 2.77 bits per heavy atom. The van der Waals surface area contributed by atoms with Crippen LogP contribution in [0.15, 0.2) is 30.3 Å². The van der Waals surface area contributed by atoms with Gasteiger partial charge in [0.2, 0.25) is 0 Å². The first-order valence-electron chi connectivity index (χ1n) is 4.40. The largest absolute Gasteiger partial charge is 0.373 e. The Morgan fingerprint density at radius 2 is 2.15 bits per heavy atom. The average Bonchev–Trinajstić information content (AvgIpc) is 2.99. The molecule has 0 aliphatic carbocycles. The minimum absolute atomic E-state index is 0.0936. The van der Waals surface area contributed by atoms with Crippen molar-refractivity contribution in [3.8, 4) is 0 Å². The van der Waals surface area contributed by atoms with Gasteiger partial charge in [-0.3, -0.25) is 4.79 Å². The highest BCUT2D eigenvalue weighted by atomic mass is 16.6. The molecule has 1 aliphatic rings. The highest BCUT2D eigenvalue weighted by Gasteiger charge is 2.23. The van der Waals surface area contributed by atoms with E-state index < -0.39 is 0 Å². The van der Waals surface area contributed by atoms with Gasteiger partial charge in [0.1, 0.15) is 0 Å². The molecule has 0 aromatic heterocycles. The molecule has 1 unspecified atom stereocenters. The molecule has 1 radical (unpaired) electrons. The maximum absolute atomic E-state index is 11.5. The van der Waals surface area contributed by atoms with Crippen molar-refractivity contribution in [1.82, 2.24) is 0 Å². The quantitative estimate of drug-likeness (QED) is 0.516. The van der Waals surface area contributed by atoms with Crippen molar-refractivity contribution in [3.05, 3.63) is 42.3 Å². The Kier molecular flexibility index (Phi) is 2.41. The number of hydrogen-bond acceptors (Lipinski definition) is 2. The van der Waals surface area contributed by atoms with E-state index in [2.05, 4.69) is 0 Å². The maximum atomic E-state index is 11.5. The number of hydrogen-bond donors (Lipinski definition) is 0. The van der Waals surface area contributed by atoms with E-state index in [4.69, 9.17) is 4.74 Å². The van der Waals surface area contributed by atoms with Gasteiger partial charge in [0.05, 0.1) is 12.7 Å². The lowest BCUT2D eigenvalue weighted by Gasteiger charge is -1.97. The summed E-state index contributed by atoms with van der Waals surface area (Å²) < 4.78 is 5.01. The molecule has 1 aromatic rings. The van der Waals surface area contributed by atoms with E-state index >= 15 is 0 Å². The third kappa shape index (κ3) is 2.39. The molecule has 1 heterocycles. The smallest absolute Gasteiger partial charge is 0.166 e. The molecule has 13 heavy (non-hydrogen) atoms. The summed E-state index contributed by atoms with van der Waals surface area (Å²) >= 11 is 0. The van der Waals surface area contributed by atoms with Crippen LogP contribution in [0.25, 0.3) is 0 Å². The van der Waals surface area contributed by atoms with E-state index in [1.54, 1.807) is 6.42 Å². The molecule has 2 nitrogen and oxygen atoms in total. The van der Waals surface area contributed by atoms with Crippen molar-refractivity contribution >= 4 is 5.78 Å². The minimum Gasteiger partial charge on any atom is -0.373 e. The van der Waals surface area contributed by atoms with Crippen LogP contribution in [0.1, 0.15) is 16.8 Å². The third-order valence-corrected chi connectivity index (χ3v) is 2.03. The molecule has 0 amide bonds. The van der Waals surface area contributed by atoms with E-state index in [0.29, 0.717) is 6.10 Å². The minimum atomic E-state index is 0.0936. The predicted octanol–water partition coefficient (Wildman–Crippen LogP) is 1.86. The molecule has 0 saturated carbocycles. The molecule has 2 rings (SSSR count). The van der Waals surface area contributed by atoms with Gasteiger partial charge in [-0.2, -0.15) is 0 Å². The monoisotopic (exact) mass is 175 g/mol. The average molecular weight is 175 g/mol. The second kappa shape index (κ2) is 3.71. The first-order valence-corrected chi connectivity index (χ1v) is 4.40. The molecule has 1 aliphatic heterocycles. The molecule has 0 N–H and O–H groups in total. The highest BCUT2D eigenvalue weighted by molar-refractivity contribution is 6.02. The summed E-state index contributed by atoms with van der Waals surface area (Å²) in [4.78, 5) is 11.5. The van der Waals surface area contributed by atoms with Crippen LogP contribution in [-0.4, -0.2) is 18.5 Å². The third-order valence-electron chi connectivity index (χ3n) is 2.03. The Labute approximate surface area is 77.5 Å². The lowest BCUT2D eigenvalue weighted by atomic mass is 10.1.